The van der Waals surface area contributed by atoms with E-state index in [1.54, 1.807) is 0 Å². The number of aryl methyl sites for hydroxylation is 1. The van der Waals surface area contributed by atoms with E-state index in [9.17, 15) is 9.90 Å². The van der Waals surface area contributed by atoms with Crippen molar-refractivity contribution in [1.82, 2.24) is 15.0 Å². The fraction of sp³-hybridized carbons (Fsp3) is 0.750. The second kappa shape index (κ2) is 6.12. The lowest BCUT2D eigenvalue weighted by Crippen LogP contribution is -2.30. The van der Waals surface area contributed by atoms with Gasteiger partial charge in [-0.2, -0.15) is 0 Å². The van der Waals surface area contributed by atoms with Crippen LogP contribution in [0.1, 0.15) is 43.8 Å². The van der Waals surface area contributed by atoms with Gasteiger partial charge in [-0.05, 0) is 38.5 Å². The zero-order chi connectivity index (χ0) is 13.8. The Balaban J connectivity index is 1.86. The van der Waals surface area contributed by atoms with Crippen LogP contribution < -0.4 is 5.73 Å². The van der Waals surface area contributed by atoms with E-state index < -0.39 is 12.0 Å². The second-order valence-corrected chi connectivity index (χ2v) is 5.14. The molecule has 1 atom stereocenters. The first-order chi connectivity index (χ1) is 9.06. The summed E-state index contributed by atoms with van der Waals surface area (Å²) in [4.78, 5) is 10.6. The third-order valence-electron chi connectivity index (χ3n) is 3.63. The number of nitrogens with zero attached hydrogens (tertiary/aromatic N) is 3. The minimum absolute atomic E-state index is 0.187. The number of aromatic nitrogens is 3. The molecule has 1 aromatic heterocycles. The zero-order valence-corrected chi connectivity index (χ0v) is 10.8. The van der Waals surface area contributed by atoms with E-state index in [0.717, 1.165) is 31.4 Å². The number of carboxylic acid groups (broad SMARTS) is 1. The quantitative estimate of drug-likeness (QED) is 0.697. The van der Waals surface area contributed by atoms with Crippen molar-refractivity contribution in [2.24, 2.45) is 5.73 Å². The topological polar surface area (TPSA) is 114 Å². The molecule has 1 heterocycles. The molecule has 0 amide bonds. The van der Waals surface area contributed by atoms with Gasteiger partial charge in [-0.15, -0.1) is 5.10 Å². The molecule has 1 aliphatic rings. The van der Waals surface area contributed by atoms with Crippen molar-refractivity contribution >= 4 is 5.97 Å². The Morgan fingerprint density at radius 3 is 2.79 bits per heavy atom. The van der Waals surface area contributed by atoms with E-state index in [4.69, 9.17) is 10.8 Å². The van der Waals surface area contributed by atoms with Gasteiger partial charge in [0.25, 0.3) is 0 Å². The van der Waals surface area contributed by atoms with Crippen LogP contribution in [0.25, 0.3) is 0 Å². The van der Waals surface area contributed by atoms with Gasteiger partial charge in [0.2, 0.25) is 0 Å². The van der Waals surface area contributed by atoms with Crippen LogP contribution in [0.3, 0.4) is 0 Å². The summed E-state index contributed by atoms with van der Waals surface area (Å²) < 4.78 is 1.83. The van der Waals surface area contributed by atoms with Gasteiger partial charge >= 0.3 is 5.97 Å². The third kappa shape index (κ3) is 3.74. The maximum Gasteiger partial charge on any atom is 0.320 e. The Hall–Kier alpha value is -1.47. The van der Waals surface area contributed by atoms with Crippen LogP contribution >= 0.6 is 0 Å². The molecule has 106 valence electrons. The van der Waals surface area contributed by atoms with Crippen LogP contribution in [-0.4, -0.2) is 43.3 Å². The van der Waals surface area contributed by atoms with Crippen LogP contribution in [0.4, 0.5) is 0 Å². The maximum atomic E-state index is 10.6. The number of aliphatic carboxylic acids is 1. The monoisotopic (exact) mass is 268 g/mol. The van der Waals surface area contributed by atoms with E-state index >= 15 is 0 Å². The summed E-state index contributed by atoms with van der Waals surface area (Å²) in [6.07, 6.45) is 5.94. The molecule has 7 nitrogen and oxygen atoms in total. The molecule has 0 saturated heterocycles. The Morgan fingerprint density at radius 1 is 1.47 bits per heavy atom. The fourth-order valence-corrected chi connectivity index (χ4v) is 2.36. The highest BCUT2D eigenvalue weighted by atomic mass is 16.4. The van der Waals surface area contributed by atoms with Crippen molar-refractivity contribution in [2.45, 2.75) is 56.7 Å². The average molecular weight is 268 g/mol. The molecule has 0 unspecified atom stereocenters. The minimum atomic E-state index is -0.992. The Bertz CT molecular complexity index is 426. The number of nitrogens with two attached hydrogens (primary N) is 1. The predicted octanol–water partition coefficient (Wildman–Crippen LogP) is 0.0986. The summed E-state index contributed by atoms with van der Waals surface area (Å²) in [6.45, 7) is 0. The summed E-state index contributed by atoms with van der Waals surface area (Å²) >= 11 is 0. The van der Waals surface area contributed by atoms with E-state index in [1.807, 2.05) is 10.9 Å². The molecule has 0 aromatic carbocycles. The molecule has 1 saturated carbocycles. The van der Waals surface area contributed by atoms with Gasteiger partial charge in [0, 0.05) is 6.20 Å². The summed E-state index contributed by atoms with van der Waals surface area (Å²) in [5, 5.41) is 26.3. The van der Waals surface area contributed by atoms with E-state index in [2.05, 4.69) is 10.3 Å². The Kier molecular flexibility index (Phi) is 4.49. The fourth-order valence-electron chi connectivity index (χ4n) is 2.36. The van der Waals surface area contributed by atoms with Gasteiger partial charge in [0.15, 0.2) is 0 Å². The molecule has 4 N–H and O–H groups in total. The van der Waals surface area contributed by atoms with E-state index in [0.29, 0.717) is 12.8 Å². The number of carbonyl (C=O) groups is 1. The zero-order valence-electron chi connectivity index (χ0n) is 10.8. The van der Waals surface area contributed by atoms with Gasteiger partial charge in [0.05, 0.1) is 17.8 Å². The summed E-state index contributed by atoms with van der Waals surface area (Å²) in [6, 6.07) is -0.562. The Labute approximate surface area is 111 Å². The number of aliphatic hydroxyl groups excluding tert-OH is 1. The maximum absolute atomic E-state index is 10.6. The lowest BCUT2D eigenvalue weighted by molar-refractivity contribution is -0.138. The largest absolute Gasteiger partial charge is 0.480 e. The molecular weight excluding hydrogens is 248 g/mol. The van der Waals surface area contributed by atoms with Crippen molar-refractivity contribution in [3.8, 4) is 0 Å². The highest BCUT2D eigenvalue weighted by molar-refractivity contribution is 5.72. The van der Waals surface area contributed by atoms with Gasteiger partial charge in [-0.1, -0.05) is 5.21 Å². The second-order valence-electron chi connectivity index (χ2n) is 5.14. The molecule has 19 heavy (non-hydrogen) atoms. The van der Waals surface area contributed by atoms with Crippen LogP contribution in [0.5, 0.6) is 0 Å². The number of carboxylic acids is 1. The summed E-state index contributed by atoms with van der Waals surface area (Å²) in [5.74, 6) is -0.992. The first-order valence-electron chi connectivity index (χ1n) is 6.63. The first-order valence-corrected chi connectivity index (χ1v) is 6.63. The van der Waals surface area contributed by atoms with E-state index in [-0.39, 0.29) is 12.1 Å². The van der Waals surface area contributed by atoms with Gasteiger partial charge in [-0.25, -0.2) is 4.68 Å². The van der Waals surface area contributed by atoms with Crippen LogP contribution in [0.2, 0.25) is 0 Å². The number of rotatable bonds is 5. The lowest BCUT2D eigenvalue weighted by atomic mass is 9.93. The molecule has 1 aromatic rings. The highest BCUT2D eigenvalue weighted by Crippen LogP contribution is 2.27. The molecular formula is C12H20N4O3. The van der Waals surface area contributed by atoms with Crippen LogP contribution in [0.15, 0.2) is 6.20 Å². The molecule has 1 fully saturated rings. The van der Waals surface area contributed by atoms with E-state index in [1.165, 1.54) is 0 Å². The SMILES string of the molecule is N[C@@H](CCc1cn(C2CCC(O)CC2)nn1)C(=O)O. The third-order valence-corrected chi connectivity index (χ3v) is 3.63. The van der Waals surface area contributed by atoms with Crippen molar-refractivity contribution in [1.29, 1.82) is 0 Å². The Morgan fingerprint density at radius 2 is 2.16 bits per heavy atom. The number of aliphatic hydroxyl groups is 1. The molecule has 2 rings (SSSR count). The summed E-state index contributed by atoms with van der Waals surface area (Å²) in [5.41, 5.74) is 6.21. The number of hydrogen-bond acceptors (Lipinski definition) is 5. The van der Waals surface area contributed by atoms with Crippen LogP contribution in [-0.2, 0) is 11.2 Å². The van der Waals surface area contributed by atoms with Crippen molar-refractivity contribution < 1.29 is 15.0 Å². The van der Waals surface area contributed by atoms with Crippen molar-refractivity contribution in [2.75, 3.05) is 0 Å². The number of hydrogen-bond donors (Lipinski definition) is 3. The predicted molar refractivity (Wildman–Crippen MR) is 67.5 cm³/mol. The van der Waals surface area contributed by atoms with Crippen molar-refractivity contribution in [3.05, 3.63) is 11.9 Å². The smallest absolute Gasteiger partial charge is 0.320 e. The highest BCUT2D eigenvalue weighted by Gasteiger charge is 2.22. The van der Waals surface area contributed by atoms with Gasteiger partial charge < -0.3 is 15.9 Å². The summed E-state index contributed by atoms with van der Waals surface area (Å²) in [7, 11) is 0. The molecule has 0 aliphatic heterocycles. The normalized spacial score (nSPS) is 25.2. The standard InChI is InChI=1S/C12H20N4O3/c13-11(12(18)19)6-1-8-7-16(15-14-8)9-2-4-10(17)5-3-9/h7,9-11,17H,1-6,13H2,(H,18,19)/t9?,10?,11-/m0/s1. The minimum Gasteiger partial charge on any atom is -0.480 e. The lowest BCUT2D eigenvalue weighted by Gasteiger charge is -2.24. The van der Waals surface area contributed by atoms with Crippen LogP contribution in [0, 0.1) is 0 Å². The first kappa shape index (κ1) is 14.0. The molecule has 7 heteroatoms. The van der Waals surface area contributed by atoms with Gasteiger partial charge in [-0.3, -0.25) is 4.79 Å². The molecule has 1 aliphatic carbocycles. The molecule has 0 bridgehead atoms. The van der Waals surface area contributed by atoms with Gasteiger partial charge in [0.1, 0.15) is 6.04 Å². The molecule has 0 radical (unpaired) electrons. The average Bonchev–Trinajstić information content (AvgIpc) is 2.85. The van der Waals surface area contributed by atoms with Crippen molar-refractivity contribution in [3.63, 3.8) is 0 Å². The molecule has 0 spiro atoms.